The minimum atomic E-state index is -4.02. The first kappa shape index (κ1) is 25.7. The van der Waals surface area contributed by atoms with E-state index in [0.717, 1.165) is 0 Å². The zero-order chi connectivity index (χ0) is 20.8. The van der Waals surface area contributed by atoms with E-state index < -0.39 is 35.0 Å². The molecule has 0 amide bonds. The van der Waals surface area contributed by atoms with Crippen LogP contribution in [-0.2, 0) is 4.74 Å². The van der Waals surface area contributed by atoms with Gasteiger partial charge in [0, 0.05) is 18.9 Å². The van der Waals surface area contributed by atoms with Gasteiger partial charge >= 0.3 is 11.8 Å². The quantitative estimate of drug-likeness (QED) is 0.295. The molecule has 0 saturated carbocycles. The third-order valence-electron chi connectivity index (χ3n) is 6.51. The van der Waals surface area contributed by atoms with Gasteiger partial charge in [0.25, 0.3) is 0 Å². The van der Waals surface area contributed by atoms with Gasteiger partial charge in [-0.3, -0.25) is 0 Å². The van der Waals surface area contributed by atoms with Gasteiger partial charge in [0.05, 0.1) is 6.10 Å². The second-order valence-corrected chi connectivity index (χ2v) is 8.56. The van der Waals surface area contributed by atoms with Crippen molar-refractivity contribution in [3.63, 3.8) is 0 Å². The van der Waals surface area contributed by atoms with Crippen molar-refractivity contribution in [2.45, 2.75) is 112 Å². The Kier molecular flexibility index (Phi) is 9.63. The molecule has 0 aliphatic carbocycles. The molecule has 0 unspecified atom stereocenters. The van der Waals surface area contributed by atoms with Crippen LogP contribution in [-0.4, -0.2) is 24.6 Å². The smallest absolute Gasteiger partial charge is 0.312 e. The molecular formula is C21H40F4O. The van der Waals surface area contributed by atoms with Crippen LogP contribution in [0.2, 0.25) is 0 Å². The van der Waals surface area contributed by atoms with Crippen molar-refractivity contribution in [2.75, 3.05) is 6.61 Å². The summed E-state index contributed by atoms with van der Waals surface area (Å²) in [7, 11) is 0. The number of rotatable bonds is 13. The Bertz CT molecular complexity index is 397. The Hall–Kier alpha value is -0.320. The summed E-state index contributed by atoms with van der Waals surface area (Å²) in [5.74, 6) is -9.31. The second kappa shape index (κ2) is 9.75. The monoisotopic (exact) mass is 384 g/mol. The van der Waals surface area contributed by atoms with Crippen molar-refractivity contribution >= 4 is 0 Å². The molecule has 0 fully saturated rings. The lowest BCUT2D eigenvalue weighted by molar-refractivity contribution is -0.258. The molecule has 0 rings (SSSR count). The van der Waals surface area contributed by atoms with E-state index in [1.165, 1.54) is 0 Å². The Labute approximate surface area is 158 Å². The number of alkyl halides is 4. The third-order valence-corrected chi connectivity index (χ3v) is 6.51. The summed E-state index contributed by atoms with van der Waals surface area (Å²) >= 11 is 0. The molecule has 0 N–H and O–H groups in total. The molecule has 158 valence electrons. The van der Waals surface area contributed by atoms with Crippen molar-refractivity contribution in [2.24, 2.45) is 16.7 Å². The van der Waals surface area contributed by atoms with Crippen molar-refractivity contribution in [1.82, 2.24) is 0 Å². The molecule has 0 atom stereocenters. The molecule has 0 aromatic heterocycles. The molecule has 0 heterocycles. The first-order valence-electron chi connectivity index (χ1n) is 10.1. The molecule has 0 aliphatic rings. The molecule has 0 saturated heterocycles. The molecule has 0 aromatic carbocycles. The van der Waals surface area contributed by atoms with Gasteiger partial charge in [-0.2, -0.15) is 17.6 Å². The van der Waals surface area contributed by atoms with Crippen LogP contribution in [0.15, 0.2) is 0 Å². The lowest BCUT2D eigenvalue weighted by Crippen LogP contribution is -2.52. The predicted octanol–water partition coefficient (Wildman–Crippen LogP) is 7.73. The van der Waals surface area contributed by atoms with Gasteiger partial charge in [-0.05, 0) is 56.8 Å². The van der Waals surface area contributed by atoms with Crippen molar-refractivity contribution in [1.29, 1.82) is 0 Å². The van der Waals surface area contributed by atoms with E-state index in [2.05, 4.69) is 0 Å². The van der Waals surface area contributed by atoms with Crippen LogP contribution in [0, 0.1) is 16.7 Å². The number of hydrogen-bond donors (Lipinski definition) is 0. The van der Waals surface area contributed by atoms with E-state index >= 15 is 0 Å². The van der Waals surface area contributed by atoms with Gasteiger partial charge in [-0.1, -0.05) is 41.5 Å². The highest BCUT2D eigenvalue weighted by Gasteiger charge is 2.63. The standard InChI is InChI=1S/C21H40F4O/c1-9-17(10-2)21(24,25)20(22,23)15-19(11-3,12-4)18(7,8)13-14-26-16(5)6/h16-17H,9-15H2,1-8H3. The van der Waals surface area contributed by atoms with Gasteiger partial charge in [-0.25, -0.2) is 0 Å². The fourth-order valence-corrected chi connectivity index (χ4v) is 4.15. The van der Waals surface area contributed by atoms with Crippen molar-refractivity contribution < 1.29 is 22.3 Å². The van der Waals surface area contributed by atoms with Gasteiger partial charge in [-0.15, -0.1) is 0 Å². The maximum atomic E-state index is 14.9. The van der Waals surface area contributed by atoms with Crippen LogP contribution < -0.4 is 0 Å². The van der Waals surface area contributed by atoms with E-state index in [1.54, 1.807) is 13.8 Å². The van der Waals surface area contributed by atoms with E-state index in [1.807, 2.05) is 41.5 Å². The fourth-order valence-electron chi connectivity index (χ4n) is 4.15. The maximum Gasteiger partial charge on any atom is 0.312 e. The number of hydrogen-bond acceptors (Lipinski definition) is 1. The molecular weight excluding hydrogens is 344 g/mol. The van der Waals surface area contributed by atoms with Gasteiger partial charge in [0.15, 0.2) is 0 Å². The Morgan fingerprint density at radius 2 is 1.31 bits per heavy atom. The van der Waals surface area contributed by atoms with Gasteiger partial charge in [0.1, 0.15) is 0 Å². The largest absolute Gasteiger partial charge is 0.379 e. The molecule has 26 heavy (non-hydrogen) atoms. The lowest BCUT2D eigenvalue weighted by Gasteiger charge is -2.49. The molecule has 5 heteroatoms. The van der Waals surface area contributed by atoms with Crippen LogP contribution in [0.4, 0.5) is 17.6 Å². The lowest BCUT2D eigenvalue weighted by atomic mass is 9.57. The summed E-state index contributed by atoms with van der Waals surface area (Å²) in [4.78, 5) is 0. The number of halogens is 4. The molecule has 1 nitrogen and oxygen atoms in total. The fraction of sp³-hybridized carbons (Fsp3) is 1.00. The number of ether oxygens (including phenoxy) is 1. The zero-order valence-electron chi connectivity index (χ0n) is 18.0. The maximum absolute atomic E-state index is 14.9. The Morgan fingerprint density at radius 3 is 1.65 bits per heavy atom. The highest BCUT2D eigenvalue weighted by molar-refractivity contribution is 5.00. The minimum absolute atomic E-state index is 0.0515. The molecule has 0 bridgehead atoms. The van der Waals surface area contributed by atoms with Crippen LogP contribution in [0.5, 0.6) is 0 Å². The van der Waals surface area contributed by atoms with E-state index in [-0.39, 0.29) is 18.9 Å². The SMILES string of the molecule is CCC(CC)C(F)(F)C(F)(F)CC(CC)(CC)C(C)(C)CCOC(C)C. The van der Waals surface area contributed by atoms with E-state index in [4.69, 9.17) is 4.74 Å². The summed E-state index contributed by atoms with van der Waals surface area (Å²) in [6.45, 7) is 14.9. The molecule has 0 aromatic rings. The topological polar surface area (TPSA) is 9.23 Å². The van der Waals surface area contributed by atoms with E-state index in [0.29, 0.717) is 25.9 Å². The van der Waals surface area contributed by atoms with Crippen LogP contribution in [0.1, 0.15) is 93.9 Å². The third kappa shape index (κ3) is 5.59. The van der Waals surface area contributed by atoms with Crippen LogP contribution >= 0.6 is 0 Å². The Balaban J connectivity index is 5.65. The van der Waals surface area contributed by atoms with Crippen molar-refractivity contribution in [3.05, 3.63) is 0 Å². The second-order valence-electron chi connectivity index (χ2n) is 8.56. The van der Waals surface area contributed by atoms with Gasteiger partial charge < -0.3 is 4.74 Å². The molecule has 0 aliphatic heterocycles. The summed E-state index contributed by atoms with van der Waals surface area (Å²) in [6.07, 6.45) is 0.819. The summed E-state index contributed by atoms with van der Waals surface area (Å²) in [5.41, 5.74) is -1.40. The van der Waals surface area contributed by atoms with Crippen LogP contribution in [0.3, 0.4) is 0 Å². The average molecular weight is 385 g/mol. The van der Waals surface area contributed by atoms with E-state index in [9.17, 15) is 17.6 Å². The summed E-state index contributed by atoms with van der Waals surface area (Å²) in [6, 6.07) is 0. The summed E-state index contributed by atoms with van der Waals surface area (Å²) < 4.78 is 64.7. The van der Waals surface area contributed by atoms with Crippen molar-refractivity contribution in [3.8, 4) is 0 Å². The normalized spacial score (nSPS) is 14.5. The molecule has 0 radical (unpaired) electrons. The molecule has 0 spiro atoms. The first-order chi connectivity index (χ1) is 11.8. The van der Waals surface area contributed by atoms with Gasteiger partial charge in [0.2, 0.25) is 0 Å². The average Bonchev–Trinajstić information content (AvgIpc) is 2.52. The highest BCUT2D eigenvalue weighted by atomic mass is 19.3. The Morgan fingerprint density at radius 1 is 0.846 bits per heavy atom. The first-order valence-corrected chi connectivity index (χ1v) is 10.1. The summed E-state index contributed by atoms with van der Waals surface area (Å²) in [5, 5.41) is 0. The predicted molar refractivity (Wildman–Crippen MR) is 101 cm³/mol. The zero-order valence-corrected chi connectivity index (χ0v) is 18.0. The highest BCUT2D eigenvalue weighted by Crippen LogP contribution is 2.57. The van der Waals surface area contributed by atoms with Crippen LogP contribution in [0.25, 0.3) is 0 Å². The minimum Gasteiger partial charge on any atom is -0.379 e.